The lowest BCUT2D eigenvalue weighted by atomic mass is 9.44. The van der Waals surface area contributed by atoms with Gasteiger partial charge >= 0.3 is 5.97 Å². The zero-order valence-electron chi connectivity index (χ0n) is 51.3. The number of halogens is 1. The van der Waals surface area contributed by atoms with Crippen LogP contribution in [0.2, 0.25) is 0 Å². The number of aliphatic hydroxyl groups excluding tert-OH is 4. The highest BCUT2D eigenvalue weighted by Gasteiger charge is 2.76. The van der Waals surface area contributed by atoms with Gasteiger partial charge in [-0.1, -0.05) is 46.3 Å². The van der Waals surface area contributed by atoms with Crippen LogP contribution in [0.4, 0.5) is 4.39 Å². The Balaban J connectivity index is 1.09. The number of hydrogen-bond acceptors (Lipinski definition) is 18. The lowest BCUT2D eigenvalue weighted by Crippen LogP contribution is -2.70. The lowest BCUT2D eigenvalue weighted by Gasteiger charge is -2.62. The number of nitrogens with one attached hydrogen (secondary N) is 1. The molecule has 3 aliphatic heterocycles. The van der Waals surface area contributed by atoms with Crippen molar-refractivity contribution in [3.8, 4) is 0 Å². The first-order valence-corrected chi connectivity index (χ1v) is 30.1. The van der Waals surface area contributed by atoms with E-state index in [2.05, 4.69) is 5.32 Å². The second-order valence-corrected chi connectivity index (χ2v) is 27.5. The standard InChI is InChI=1S/C61H102FN3O16/c1-17-45-59(13,74)49(69)37(7)65(15)31-32(2)28-57(11,73)51(35(5)48(36(6)52(71)79-45)80-46-30-58(12,76-16)50(70)38(8)78-46)81-53-47(68)43(26-34(4)77-53)64(14)24-18-23-63-54(72)61(75)33(3)25-42-41-20-19-39-27-40(66)21-22-55(39,9)60(41,62)44(67)29-56(42,61)10/h21-22,27,32-38,41-51,53,67-70,73-75H,17-20,23-26,28-31H2,1-16H3,(H,63,72)/t32-,33-,34-,35+,36-,37-,38+,41?,42?,43+,44+,45-,46+,47-,48+,49-,50+,51-,53+,55+,56+,57-,58-,59-,60+,61+/m1/s1. The number of likely N-dealkylation sites (N-methyl/N-ethyl adjacent to an activating group) is 2. The van der Waals surface area contributed by atoms with E-state index < -0.39 is 160 Å². The molecule has 6 fully saturated rings. The van der Waals surface area contributed by atoms with E-state index in [0.717, 1.165) is 0 Å². The molecule has 3 heterocycles. The monoisotopic (exact) mass is 1150 g/mol. The Bertz CT molecular complexity index is 2310. The number of carbonyl (C=O) groups is 3. The van der Waals surface area contributed by atoms with Gasteiger partial charge in [0, 0.05) is 61.4 Å². The maximum atomic E-state index is 17.8. The molecule has 19 nitrogen and oxygen atoms in total. The molecule has 1 amide bonds. The van der Waals surface area contributed by atoms with E-state index in [1.54, 1.807) is 68.4 Å². The van der Waals surface area contributed by atoms with Crippen LogP contribution in [-0.4, -0.2) is 212 Å². The third-order valence-electron chi connectivity index (χ3n) is 21.7. The minimum absolute atomic E-state index is 0.0643. The topological polar surface area (TPSA) is 267 Å². The quantitative estimate of drug-likeness (QED) is 0.101. The molecular formula is C61H102FN3O16. The molecule has 464 valence electrons. The summed E-state index contributed by atoms with van der Waals surface area (Å²) in [7, 11) is 5.15. The number of rotatable bonds is 12. The molecule has 4 aliphatic carbocycles. The highest BCUT2D eigenvalue weighted by molar-refractivity contribution is 6.01. The smallest absolute Gasteiger partial charge is 0.311 e. The number of ketones is 1. The first-order chi connectivity index (χ1) is 37.5. The molecule has 0 radical (unpaired) electrons. The molecule has 7 rings (SSSR count). The summed E-state index contributed by atoms with van der Waals surface area (Å²) in [6.45, 7) is 23.6. The van der Waals surface area contributed by atoms with E-state index in [1.807, 2.05) is 44.7 Å². The SMILES string of the molecule is CC[C@H]1OC(=O)[C@H](C)[C@@H](O[C@H]2C[C@@](C)(OC)[C@@H](O)[C@H](C)O2)[C@H](C)[C@@H](O[C@@H]2O[C@H](C)C[C@H](N(C)CCCNC(=O)[C@@]3(O)[C@H](C)CC4C5CCC6=CC(=O)C=C[C@]6(C)[C@@]5(F)[C@@H](O)C[C@@]43C)[C@H]2O)[C@](C)(O)C[C@@H](C)CN(C)[C@H](C)[C@@H](O)[C@]1(C)O. The van der Waals surface area contributed by atoms with Gasteiger partial charge in [0.05, 0.1) is 47.6 Å². The van der Waals surface area contributed by atoms with E-state index in [4.69, 9.17) is 28.4 Å². The van der Waals surface area contributed by atoms with Crippen LogP contribution in [0.5, 0.6) is 0 Å². The molecule has 3 saturated heterocycles. The van der Waals surface area contributed by atoms with E-state index in [1.165, 1.54) is 26.2 Å². The lowest BCUT2D eigenvalue weighted by molar-refractivity contribution is -0.318. The van der Waals surface area contributed by atoms with Crippen LogP contribution in [-0.2, 0) is 42.8 Å². The van der Waals surface area contributed by atoms with Gasteiger partial charge < -0.3 is 79.3 Å². The van der Waals surface area contributed by atoms with Gasteiger partial charge in [-0.3, -0.25) is 14.4 Å². The van der Waals surface area contributed by atoms with E-state index >= 15 is 4.39 Å². The van der Waals surface area contributed by atoms with E-state index in [0.29, 0.717) is 50.8 Å². The van der Waals surface area contributed by atoms with Gasteiger partial charge in [0.15, 0.2) is 29.6 Å². The fraction of sp³-hybridized carbons (Fsp3) is 0.885. The number of ether oxygens (including phenoxy) is 6. The summed E-state index contributed by atoms with van der Waals surface area (Å²) < 4.78 is 56.2. The largest absolute Gasteiger partial charge is 0.459 e. The maximum absolute atomic E-state index is 17.8. The van der Waals surface area contributed by atoms with Gasteiger partial charge in [0.25, 0.3) is 5.91 Å². The number of aliphatic hydroxyl groups is 7. The summed E-state index contributed by atoms with van der Waals surface area (Å²) in [5.41, 5.74) is -10.4. The molecule has 26 atom stereocenters. The van der Waals surface area contributed by atoms with Crippen LogP contribution in [0, 0.1) is 46.3 Å². The van der Waals surface area contributed by atoms with Crippen molar-refractivity contribution in [2.45, 2.75) is 255 Å². The number of cyclic esters (lactones) is 1. The van der Waals surface area contributed by atoms with Gasteiger partial charge in [0.2, 0.25) is 0 Å². The Labute approximate surface area is 480 Å². The molecule has 0 bridgehead atoms. The van der Waals surface area contributed by atoms with E-state index in [-0.39, 0.29) is 43.9 Å². The number of carbonyl (C=O) groups excluding carboxylic acids is 3. The number of allylic oxidation sites excluding steroid dienone is 4. The molecule has 81 heavy (non-hydrogen) atoms. The van der Waals surface area contributed by atoms with Crippen molar-refractivity contribution < 1.29 is 82.9 Å². The van der Waals surface area contributed by atoms with Crippen molar-refractivity contribution in [1.29, 1.82) is 0 Å². The average molecular weight is 1150 g/mol. The minimum Gasteiger partial charge on any atom is -0.459 e. The molecule has 8 N–H and O–H groups in total. The van der Waals surface area contributed by atoms with Gasteiger partial charge in [-0.15, -0.1) is 0 Å². The highest BCUT2D eigenvalue weighted by Crippen LogP contribution is 2.70. The number of alkyl halides is 1. The number of amides is 1. The Morgan fingerprint density at radius 3 is 2.22 bits per heavy atom. The van der Waals surface area contributed by atoms with Crippen molar-refractivity contribution in [3.63, 3.8) is 0 Å². The second kappa shape index (κ2) is 24.3. The van der Waals surface area contributed by atoms with Crippen LogP contribution < -0.4 is 5.32 Å². The molecule has 2 unspecified atom stereocenters. The fourth-order valence-corrected chi connectivity index (χ4v) is 16.5. The zero-order chi connectivity index (χ0) is 60.5. The summed E-state index contributed by atoms with van der Waals surface area (Å²) in [5, 5.41) is 87.5. The van der Waals surface area contributed by atoms with E-state index in [9.17, 15) is 50.1 Å². The third-order valence-corrected chi connectivity index (χ3v) is 21.7. The number of methoxy groups -OCH3 is 1. The number of esters is 1. The Morgan fingerprint density at radius 2 is 1.58 bits per heavy atom. The Morgan fingerprint density at radius 1 is 0.914 bits per heavy atom. The van der Waals surface area contributed by atoms with Crippen LogP contribution in [0.15, 0.2) is 23.8 Å². The normalized spacial score (nSPS) is 50.3. The van der Waals surface area contributed by atoms with Crippen LogP contribution >= 0.6 is 0 Å². The van der Waals surface area contributed by atoms with Crippen molar-refractivity contribution in [2.75, 3.05) is 40.8 Å². The highest BCUT2D eigenvalue weighted by atomic mass is 19.1. The number of fused-ring (bicyclic) bond motifs is 5. The van der Waals surface area contributed by atoms with Crippen molar-refractivity contribution >= 4 is 17.7 Å². The Hall–Kier alpha value is -2.54. The maximum Gasteiger partial charge on any atom is 0.311 e. The van der Waals surface area contributed by atoms with Crippen LogP contribution in [0.25, 0.3) is 0 Å². The third kappa shape index (κ3) is 11.8. The molecule has 3 saturated carbocycles. The summed E-state index contributed by atoms with van der Waals surface area (Å²) >= 11 is 0. The molecule has 0 spiro atoms. The average Bonchev–Trinajstić information content (AvgIpc) is 3.93. The van der Waals surface area contributed by atoms with Crippen molar-refractivity contribution in [3.05, 3.63) is 23.8 Å². The number of nitrogens with zero attached hydrogens (tertiary/aromatic N) is 2. The predicted octanol–water partition coefficient (Wildman–Crippen LogP) is 4.13. The summed E-state index contributed by atoms with van der Waals surface area (Å²) in [6.07, 6.45) is -5.39. The summed E-state index contributed by atoms with van der Waals surface area (Å²) in [4.78, 5) is 45.2. The minimum atomic E-state index is -2.10. The molecular weight excluding hydrogens is 1050 g/mol. The molecule has 0 aromatic carbocycles. The molecule has 20 heteroatoms. The van der Waals surface area contributed by atoms with Gasteiger partial charge in [-0.2, -0.15) is 0 Å². The second-order valence-electron chi connectivity index (χ2n) is 27.5. The fourth-order valence-electron chi connectivity index (χ4n) is 16.5. The van der Waals surface area contributed by atoms with Gasteiger partial charge in [-0.05, 0) is 157 Å². The predicted molar refractivity (Wildman–Crippen MR) is 299 cm³/mol. The zero-order valence-corrected chi connectivity index (χ0v) is 51.3. The number of hydrogen-bond donors (Lipinski definition) is 8. The van der Waals surface area contributed by atoms with Crippen molar-refractivity contribution in [2.24, 2.45) is 46.3 Å². The first kappa shape index (κ1) is 66.0. The van der Waals surface area contributed by atoms with Crippen molar-refractivity contribution in [1.82, 2.24) is 15.1 Å². The first-order valence-electron chi connectivity index (χ1n) is 30.1. The van der Waals surface area contributed by atoms with Crippen LogP contribution in [0.1, 0.15) is 148 Å². The van der Waals surface area contributed by atoms with Gasteiger partial charge in [-0.25, -0.2) is 4.39 Å². The molecule has 0 aromatic heterocycles. The summed E-state index contributed by atoms with van der Waals surface area (Å²) in [6, 6.07) is -1.15. The van der Waals surface area contributed by atoms with Gasteiger partial charge in [0.1, 0.15) is 30.0 Å². The van der Waals surface area contributed by atoms with Crippen LogP contribution in [0.3, 0.4) is 0 Å². The Kier molecular flexibility index (Phi) is 19.8. The summed E-state index contributed by atoms with van der Waals surface area (Å²) in [5.74, 6) is -5.38. The molecule has 0 aromatic rings. The molecule has 7 aliphatic rings.